The highest BCUT2D eigenvalue weighted by Crippen LogP contribution is 2.27. The number of halogens is 1. The highest BCUT2D eigenvalue weighted by atomic mass is 19.1. The number of rotatable bonds is 7. The van der Waals surface area contributed by atoms with Crippen molar-refractivity contribution in [1.29, 1.82) is 0 Å². The molecule has 7 heteroatoms. The lowest BCUT2D eigenvalue weighted by molar-refractivity contribution is 0.101. The minimum Gasteiger partial charge on any atom is -0.489 e. The molecular weight excluding hydrogens is 433 g/mol. The summed E-state index contributed by atoms with van der Waals surface area (Å²) in [5, 5.41) is 5.50. The summed E-state index contributed by atoms with van der Waals surface area (Å²) < 4.78 is 20.0. The Hall–Kier alpha value is -3.74. The quantitative estimate of drug-likeness (QED) is 0.453. The maximum Gasteiger partial charge on any atom is 0.258 e. The van der Waals surface area contributed by atoms with Gasteiger partial charge in [0.2, 0.25) is 0 Å². The van der Waals surface area contributed by atoms with Gasteiger partial charge >= 0.3 is 0 Å². The van der Waals surface area contributed by atoms with Gasteiger partial charge in [-0.05, 0) is 67.6 Å². The molecule has 1 heterocycles. The summed E-state index contributed by atoms with van der Waals surface area (Å²) in [6.45, 7) is 2.40. The number of carbonyl (C=O) groups excluding carboxylic acids is 2. The molecule has 0 atom stereocenters. The van der Waals surface area contributed by atoms with Crippen molar-refractivity contribution in [3.63, 3.8) is 0 Å². The molecule has 0 saturated heterocycles. The number of pyridine rings is 1. The number of hydrogen-bond donors (Lipinski definition) is 2. The Labute approximate surface area is 198 Å². The summed E-state index contributed by atoms with van der Waals surface area (Å²) in [7, 11) is 0. The van der Waals surface area contributed by atoms with Crippen LogP contribution in [0.25, 0.3) is 0 Å². The van der Waals surface area contributed by atoms with Gasteiger partial charge in [-0.3, -0.25) is 9.59 Å². The third kappa shape index (κ3) is 5.78. The molecule has 0 unspecified atom stereocenters. The zero-order valence-electron chi connectivity index (χ0n) is 19.1. The summed E-state index contributed by atoms with van der Waals surface area (Å²) in [4.78, 5) is 29.8. The van der Waals surface area contributed by atoms with Crippen molar-refractivity contribution in [3.8, 4) is 5.75 Å². The molecule has 4 rings (SSSR count). The van der Waals surface area contributed by atoms with E-state index in [9.17, 15) is 14.0 Å². The van der Waals surface area contributed by atoms with Gasteiger partial charge in [-0.2, -0.15) is 0 Å². The van der Waals surface area contributed by atoms with Gasteiger partial charge in [0, 0.05) is 17.4 Å². The van der Waals surface area contributed by atoms with Crippen molar-refractivity contribution in [2.45, 2.75) is 39.0 Å². The second kappa shape index (κ2) is 10.9. The fourth-order valence-corrected chi connectivity index (χ4v) is 4.07. The maximum atomic E-state index is 14.0. The predicted octanol–water partition coefficient (Wildman–Crippen LogP) is 5.99. The van der Waals surface area contributed by atoms with Crippen LogP contribution in [-0.2, 0) is 0 Å². The van der Waals surface area contributed by atoms with Crippen LogP contribution in [0.15, 0.2) is 60.8 Å². The highest BCUT2D eigenvalue weighted by Gasteiger charge is 2.18. The van der Waals surface area contributed by atoms with E-state index in [1.54, 1.807) is 49.5 Å². The standard InChI is InChI=1S/C27H28FN3O3/c1-18-13-14-20(16-23(18)30-27(33)21-10-5-6-11-22(21)28)26(32)31-25-24(12-7-15-29-25)34-17-19-8-3-2-4-9-19/h5-7,10-16,19H,2-4,8-9,17H2,1H3,(H,30,33)(H,29,31,32). The SMILES string of the molecule is Cc1ccc(C(=O)Nc2ncccc2OCC2CCCCC2)cc1NC(=O)c1ccccc1F. The first kappa shape index (κ1) is 23.4. The summed E-state index contributed by atoms with van der Waals surface area (Å²) in [5.74, 6) is -0.176. The van der Waals surface area contributed by atoms with Crippen LogP contribution in [0.2, 0.25) is 0 Å². The molecule has 0 radical (unpaired) electrons. The van der Waals surface area contributed by atoms with E-state index in [0.717, 1.165) is 18.4 Å². The fourth-order valence-electron chi connectivity index (χ4n) is 4.07. The Bertz CT molecular complexity index is 1180. The number of carbonyl (C=O) groups is 2. The molecule has 1 saturated carbocycles. The van der Waals surface area contributed by atoms with Crippen LogP contribution in [0.4, 0.5) is 15.9 Å². The number of ether oxygens (including phenoxy) is 1. The number of hydrogen-bond acceptors (Lipinski definition) is 4. The van der Waals surface area contributed by atoms with Crippen molar-refractivity contribution < 1.29 is 18.7 Å². The van der Waals surface area contributed by atoms with Crippen LogP contribution >= 0.6 is 0 Å². The molecule has 3 aromatic rings. The maximum absolute atomic E-state index is 14.0. The molecule has 1 aliphatic rings. The van der Waals surface area contributed by atoms with Gasteiger partial charge < -0.3 is 15.4 Å². The minimum atomic E-state index is -0.609. The van der Waals surface area contributed by atoms with E-state index in [1.807, 2.05) is 0 Å². The number of benzene rings is 2. The van der Waals surface area contributed by atoms with Gasteiger partial charge in [0.15, 0.2) is 11.6 Å². The number of nitrogens with zero attached hydrogens (tertiary/aromatic N) is 1. The Morgan fingerprint density at radius 1 is 1.00 bits per heavy atom. The Morgan fingerprint density at radius 2 is 1.79 bits per heavy atom. The predicted molar refractivity (Wildman–Crippen MR) is 130 cm³/mol. The lowest BCUT2D eigenvalue weighted by Gasteiger charge is -2.22. The number of aromatic nitrogens is 1. The van der Waals surface area contributed by atoms with Crippen molar-refractivity contribution in [3.05, 3.63) is 83.3 Å². The van der Waals surface area contributed by atoms with Gasteiger partial charge in [0.25, 0.3) is 11.8 Å². The second-order valence-corrected chi connectivity index (χ2v) is 8.58. The smallest absolute Gasteiger partial charge is 0.258 e. The molecule has 2 amide bonds. The summed E-state index contributed by atoms with van der Waals surface area (Å²) in [6.07, 6.45) is 7.66. The number of amides is 2. The van der Waals surface area contributed by atoms with Gasteiger partial charge in [-0.1, -0.05) is 37.5 Å². The molecule has 176 valence electrons. The molecule has 1 aliphatic carbocycles. The third-order valence-electron chi connectivity index (χ3n) is 6.07. The molecule has 0 bridgehead atoms. The van der Waals surface area contributed by atoms with Crippen molar-refractivity contribution >= 4 is 23.3 Å². The van der Waals surface area contributed by atoms with E-state index in [2.05, 4.69) is 15.6 Å². The molecule has 34 heavy (non-hydrogen) atoms. The zero-order valence-corrected chi connectivity index (χ0v) is 19.1. The first-order valence-corrected chi connectivity index (χ1v) is 11.6. The number of nitrogens with one attached hydrogen (secondary N) is 2. The van der Waals surface area contributed by atoms with Crippen LogP contribution in [0.5, 0.6) is 5.75 Å². The summed E-state index contributed by atoms with van der Waals surface area (Å²) in [6, 6.07) is 14.3. The molecule has 0 spiro atoms. The summed E-state index contributed by atoms with van der Waals surface area (Å²) in [5.41, 5.74) is 1.44. The Morgan fingerprint density at radius 3 is 2.59 bits per heavy atom. The van der Waals surface area contributed by atoms with Crippen LogP contribution in [-0.4, -0.2) is 23.4 Å². The average Bonchev–Trinajstić information content (AvgIpc) is 2.85. The lowest BCUT2D eigenvalue weighted by Crippen LogP contribution is -2.18. The van der Waals surface area contributed by atoms with Crippen LogP contribution in [0, 0.1) is 18.7 Å². The fraction of sp³-hybridized carbons (Fsp3) is 0.296. The number of aryl methyl sites for hydroxylation is 1. The largest absolute Gasteiger partial charge is 0.489 e. The van der Waals surface area contributed by atoms with E-state index in [-0.39, 0.29) is 11.5 Å². The topological polar surface area (TPSA) is 80.3 Å². The molecule has 1 aromatic heterocycles. The van der Waals surface area contributed by atoms with Crippen LogP contribution < -0.4 is 15.4 Å². The third-order valence-corrected chi connectivity index (χ3v) is 6.07. The van der Waals surface area contributed by atoms with Gasteiger partial charge in [0.1, 0.15) is 5.82 Å². The minimum absolute atomic E-state index is 0.0648. The Kier molecular flexibility index (Phi) is 7.52. The zero-order chi connectivity index (χ0) is 23.9. The first-order chi connectivity index (χ1) is 16.5. The van der Waals surface area contributed by atoms with Crippen molar-refractivity contribution in [2.75, 3.05) is 17.2 Å². The number of anilines is 2. The first-order valence-electron chi connectivity index (χ1n) is 11.6. The van der Waals surface area contributed by atoms with E-state index in [1.165, 1.54) is 37.5 Å². The van der Waals surface area contributed by atoms with Gasteiger partial charge in [-0.15, -0.1) is 0 Å². The van der Waals surface area contributed by atoms with E-state index >= 15 is 0 Å². The van der Waals surface area contributed by atoms with E-state index in [0.29, 0.717) is 35.3 Å². The molecule has 2 aromatic carbocycles. The second-order valence-electron chi connectivity index (χ2n) is 8.58. The lowest BCUT2D eigenvalue weighted by atomic mass is 9.90. The highest BCUT2D eigenvalue weighted by molar-refractivity contribution is 6.08. The molecule has 0 aliphatic heterocycles. The van der Waals surface area contributed by atoms with Crippen molar-refractivity contribution in [2.24, 2.45) is 5.92 Å². The molecule has 6 nitrogen and oxygen atoms in total. The van der Waals surface area contributed by atoms with E-state index in [4.69, 9.17) is 4.74 Å². The van der Waals surface area contributed by atoms with Gasteiger partial charge in [-0.25, -0.2) is 9.37 Å². The summed E-state index contributed by atoms with van der Waals surface area (Å²) >= 11 is 0. The van der Waals surface area contributed by atoms with Crippen molar-refractivity contribution in [1.82, 2.24) is 4.98 Å². The average molecular weight is 462 g/mol. The van der Waals surface area contributed by atoms with Gasteiger partial charge in [0.05, 0.1) is 12.2 Å². The molecule has 1 fully saturated rings. The monoisotopic (exact) mass is 461 g/mol. The van der Waals surface area contributed by atoms with E-state index < -0.39 is 11.7 Å². The molecule has 2 N–H and O–H groups in total. The Balaban J connectivity index is 1.45. The normalized spacial score (nSPS) is 13.8. The molecular formula is C27H28FN3O3. The van der Waals surface area contributed by atoms with Crippen LogP contribution in [0.1, 0.15) is 58.4 Å². The van der Waals surface area contributed by atoms with Crippen LogP contribution in [0.3, 0.4) is 0 Å².